The molecule has 12 heavy (non-hydrogen) atoms. The summed E-state index contributed by atoms with van der Waals surface area (Å²) in [5.74, 6) is 0.238. The van der Waals surface area contributed by atoms with Crippen LogP contribution in [0.2, 0.25) is 0 Å². The van der Waals surface area contributed by atoms with E-state index < -0.39 is 5.17 Å². The molecular weight excluding hydrogens is 162 g/mol. The molecule has 68 valence electrons. The van der Waals surface area contributed by atoms with Gasteiger partial charge in [0, 0.05) is 14.1 Å². The summed E-state index contributed by atoms with van der Waals surface area (Å²) in [7, 11) is 2.99. The third-order valence-electron chi connectivity index (χ3n) is 1.58. The molecule has 1 rings (SSSR count). The smallest absolute Gasteiger partial charge is 0.254 e. The molecule has 0 spiro atoms. The van der Waals surface area contributed by atoms with E-state index >= 15 is 0 Å². The molecule has 1 aliphatic rings. The van der Waals surface area contributed by atoms with Gasteiger partial charge in [-0.2, -0.15) is 5.17 Å². The van der Waals surface area contributed by atoms with E-state index in [0.29, 0.717) is 5.17 Å². The van der Waals surface area contributed by atoms with Crippen molar-refractivity contribution in [3.8, 4) is 0 Å². The molecule has 1 unspecified atom stereocenters. The number of hydrogen-bond acceptors (Lipinski definition) is 5. The number of hydrogen-bond donors (Lipinski definition) is 4. The van der Waals surface area contributed by atoms with Crippen molar-refractivity contribution in [2.45, 2.75) is 0 Å². The van der Waals surface area contributed by atoms with E-state index in [1.165, 1.54) is 7.05 Å². The molecule has 0 aliphatic carbocycles. The molecule has 1 heterocycles. The second-order valence-corrected chi connectivity index (χ2v) is 2.20. The van der Waals surface area contributed by atoms with Gasteiger partial charge in [-0.1, -0.05) is 5.17 Å². The quantitative estimate of drug-likeness (QED) is 0.325. The van der Waals surface area contributed by atoms with Crippen LogP contribution < -0.4 is 16.2 Å². The normalized spacial score (nSPS) is 27.2. The molecular formula is C5H11N5O2. The predicted octanol–water partition coefficient (Wildman–Crippen LogP) is -2.64. The van der Waals surface area contributed by atoms with E-state index in [2.05, 4.69) is 10.3 Å². The van der Waals surface area contributed by atoms with E-state index in [9.17, 15) is 5.21 Å². The Kier molecular flexibility index (Phi) is 2.18. The highest BCUT2D eigenvalue weighted by Crippen LogP contribution is 2.00. The topological polar surface area (TPSA) is 101 Å². The van der Waals surface area contributed by atoms with Crippen molar-refractivity contribution in [3.63, 3.8) is 0 Å². The molecule has 0 aromatic rings. The van der Waals surface area contributed by atoms with Gasteiger partial charge in [0.25, 0.3) is 5.82 Å². The van der Waals surface area contributed by atoms with Gasteiger partial charge in [-0.15, -0.1) is 0 Å². The Morgan fingerprint density at radius 1 is 1.75 bits per heavy atom. The van der Waals surface area contributed by atoms with E-state index in [0.717, 1.165) is 0 Å². The monoisotopic (exact) mass is 173 g/mol. The number of rotatable bonds is 1. The Bertz CT molecular complexity index is 248. The van der Waals surface area contributed by atoms with Gasteiger partial charge in [0.15, 0.2) is 5.70 Å². The van der Waals surface area contributed by atoms with Crippen LogP contribution >= 0.6 is 0 Å². The van der Waals surface area contributed by atoms with Gasteiger partial charge in [-0.3, -0.25) is 4.99 Å². The molecule has 0 aromatic carbocycles. The Morgan fingerprint density at radius 2 is 2.33 bits per heavy atom. The first-order chi connectivity index (χ1) is 5.63. The molecule has 0 bridgehead atoms. The number of nitrogens with two attached hydrogens (primary N) is 1. The fraction of sp³-hybridized carbons (Fsp3) is 0.400. The molecule has 7 heteroatoms. The molecule has 0 aromatic heterocycles. The zero-order valence-electron chi connectivity index (χ0n) is 6.83. The summed E-state index contributed by atoms with van der Waals surface area (Å²) in [6.45, 7) is 0. The predicted molar refractivity (Wildman–Crippen MR) is 41.6 cm³/mol. The third-order valence-corrected chi connectivity index (χ3v) is 1.58. The average Bonchev–Trinajstić information content (AvgIpc) is 2.25. The second kappa shape index (κ2) is 2.97. The van der Waals surface area contributed by atoms with Crippen LogP contribution in [-0.2, 0) is 0 Å². The van der Waals surface area contributed by atoms with Crippen molar-refractivity contribution in [3.05, 3.63) is 16.7 Å². The lowest BCUT2D eigenvalue weighted by Gasteiger charge is -2.22. The molecule has 0 saturated heterocycles. The van der Waals surface area contributed by atoms with Crippen LogP contribution in [0.4, 0.5) is 0 Å². The Labute approximate surface area is 69.3 Å². The molecule has 0 radical (unpaired) electrons. The SMILES string of the molecule is CN=C1C(N)=C(NC)[NH+]([O-])N1O. The van der Waals surface area contributed by atoms with Crippen molar-refractivity contribution in [2.75, 3.05) is 14.1 Å². The highest BCUT2D eigenvalue weighted by molar-refractivity contribution is 5.97. The fourth-order valence-electron chi connectivity index (χ4n) is 1.000. The maximum Gasteiger partial charge on any atom is 0.254 e. The summed E-state index contributed by atoms with van der Waals surface area (Å²) in [5, 5.41) is 22.6. The summed E-state index contributed by atoms with van der Waals surface area (Å²) in [5.41, 5.74) is 5.65. The van der Waals surface area contributed by atoms with E-state index in [-0.39, 0.29) is 17.4 Å². The second-order valence-electron chi connectivity index (χ2n) is 2.20. The van der Waals surface area contributed by atoms with Crippen LogP contribution in [-0.4, -0.2) is 30.3 Å². The fourth-order valence-corrected chi connectivity index (χ4v) is 1.000. The lowest BCUT2D eigenvalue weighted by molar-refractivity contribution is -0.959. The van der Waals surface area contributed by atoms with Gasteiger partial charge < -0.3 is 16.3 Å². The van der Waals surface area contributed by atoms with E-state index in [1.54, 1.807) is 7.05 Å². The molecule has 7 nitrogen and oxygen atoms in total. The Balaban J connectivity index is 3.05. The summed E-state index contributed by atoms with van der Waals surface area (Å²) >= 11 is 0. The Hall–Kier alpha value is -1.31. The zero-order chi connectivity index (χ0) is 9.30. The van der Waals surface area contributed by atoms with Crippen LogP contribution in [0.3, 0.4) is 0 Å². The zero-order valence-corrected chi connectivity index (χ0v) is 6.83. The van der Waals surface area contributed by atoms with Gasteiger partial charge in [0.2, 0.25) is 5.84 Å². The van der Waals surface area contributed by atoms with E-state index in [1.807, 2.05) is 0 Å². The van der Waals surface area contributed by atoms with E-state index in [4.69, 9.17) is 10.9 Å². The first-order valence-electron chi connectivity index (χ1n) is 3.31. The first-order valence-corrected chi connectivity index (χ1v) is 3.31. The first kappa shape index (κ1) is 8.78. The summed E-state index contributed by atoms with van der Waals surface area (Å²) in [4.78, 5) is 3.65. The van der Waals surface area contributed by atoms with Gasteiger partial charge in [-0.05, 0) is 0 Å². The number of nitrogens with one attached hydrogen (secondary N) is 2. The maximum absolute atomic E-state index is 11.1. The van der Waals surface area contributed by atoms with Crippen molar-refractivity contribution in [1.29, 1.82) is 0 Å². The minimum atomic E-state index is -0.587. The van der Waals surface area contributed by atoms with Crippen molar-refractivity contribution in [1.82, 2.24) is 10.5 Å². The minimum Gasteiger partial charge on any atom is -0.600 e. The number of hydroxylamine groups is 2. The van der Waals surface area contributed by atoms with Crippen LogP contribution in [0.25, 0.3) is 0 Å². The number of quaternary nitrogens is 1. The number of nitrogens with zero attached hydrogens (tertiary/aromatic N) is 2. The Morgan fingerprint density at radius 3 is 2.58 bits per heavy atom. The van der Waals surface area contributed by atoms with Crippen molar-refractivity contribution < 1.29 is 10.4 Å². The number of aliphatic imine (C=N–C) groups is 1. The molecule has 1 aliphatic heterocycles. The molecule has 1 atom stereocenters. The summed E-state index contributed by atoms with van der Waals surface area (Å²) in [6, 6.07) is 0. The van der Waals surface area contributed by atoms with Crippen LogP contribution in [0.15, 0.2) is 16.5 Å². The van der Waals surface area contributed by atoms with Crippen molar-refractivity contribution >= 4 is 5.84 Å². The molecule has 0 amide bonds. The van der Waals surface area contributed by atoms with Gasteiger partial charge in [-0.25, -0.2) is 5.21 Å². The van der Waals surface area contributed by atoms with Gasteiger partial charge in [0.1, 0.15) is 0 Å². The van der Waals surface area contributed by atoms with Crippen LogP contribution in [0, 0.1) is 5.21 Å². The molecule has 0 saturated carbocycles. The number of amidine groups is 1. The summed E-state index contributed by atoms with van der Waals surface area (Å²) < 4.78 is 0. The highest BCUT2D eigenvalue weighted by Gasteiger charge is 2.33. The van der Waals surface area contributed by atoms with Gasteiger partial charge >= 0.3 is 0 Å². The average molecular weight is 173 g/mol. The van der Waals surface area contributed by atoms with Crippen molar-refractivity contribution in [2.24, 2.45) is 10.7 Å². The van der Waals surface area contributed by atoms with Crippen LogP contribution in [0.5, 0.6) is 0 Å². The summed E-state index contributed by atoms with van der Waals surface area (Å²) in [6.07, 6.45) is 0. The molecule has 0 fully saturated rings. The maximum atomic E-state index is 11.1. The standard InChI is InChI=1S/C5H11N5O2/c1-7-4-3(6)5(8-2)10(12)9(4)11/h7,9,12H,6H2,1-2H3. The van der Waals surface area contributed by atoms with Gasteiger partial charge in [0.05, 0.1) is 0 Å². The highest BCUT2D eigenvalue weighted by atomic mass is 16.7. The third kappa shape index (κ3) is 0.998. The minimum absolute atomic E-state index is 0.0735. The lowest BCUT2D eigenvalue weighted by atomic mass is 10.4. The largest absolute Gasteiger partial charge is 0.600 e. The lowest BCUT2D eigenvalue weighted by Crippen LogP contribution is -3.11. The molecule has 5 N–H and O–H groups in total. The van der Waals surface area contributed by atoms with Crippen LogP contribution in [0.1, 0.15) is 0 Å².